The molecule has 25 heavy (non-hydrogen) atoms. The van der Waals surface area contributed by atoms with Gasteiger partial charge in [0.05, 0.1) is 11.6 Å². The van der Waals surface area contributed by atoms with Gasteiger partial charge in [0, 0.05) is 6.54 Å². The maximum Gasteiger partial charge on any atom is 0.0997 e. The number of rotatable bonds is 9. The monoisotopic (exact) mass is 338 g/mol. The molecule has 0 aromatic carbocycles. The van der Waals surface area contributed by atoms with Crippen LogP contribution in [0.5, 0.6) is 0 Å². The summed E-state index contributed by atoms with van der Waals surface area (Å²) >= 11 is 0. The van der Waals surface area contributed by atoms with Crippen molar-refractivity contribution in [3.8, 4) is 6.07 Å². The van der Waals surface area contributed by atoms with Gasteiger partial charge >= 0.3 is 0 Å². The molecule has 1 heterocycles. The zero-order valence-electron chi connectivity index (χ0n) is 16.5. The molecule has 0 bridgehead atoms. The Hall–Kier alpha value is -1.85. The highest BCUT2D eigenvalue weighted by atomic mass is 14.9. The summed E-state index contributed by atoms with van der Waals surface area (Å²) in [5, 5.41) is 13.4. The summed E-state index contributed by atoms with van der Waals surface area (Å²) in [6, 6.07) is 2.49. The largest absolute Gasteiger partial charge is 0.313 e. The third kappa shape index (κ3) is 5.87. The van der Waals surface area contributed by atoms with E-state index in [0.717, 1.165) is 55.5 Å². The molecule has 0 fully saturated rings. The second kappa shape index (κ2) is 10.2. The third-order valence-electron chi connectivity index (χ3n) is 4.91. The first-order valence-electron chi connectivity index (χ1n) is 9.37. The summed E-state index contributed by atoms with van der Waals surface area (Å²) in [5.41, 5.74) is 6.68. The molecule has 1 atom stereocenters. The Kier molecular flexibility index (Phi) is 8.66. The van der Waals surface area contributed by atoms with Gasteiger partial charge in [0.25, 0.3) is 0 Å². The minimum atomic E-state index is 0.284. The molecule has 1 aliphatic heterocycles. The van der Waals surface area contributed by atoms with Crippen molar-refractivity contribution < 1.29 is 0 Å². The van der Waals surface area contributed by atoms with Crippen LogP contribution in [0.3, 0.4) is 0 Å². The summed E-state index contributed by atoms with van der Waals surface area (Å²) in [6.45, 7) is 22.8. The smallest absolute Gasteiger partial charge is 0.0997 e. The van der Waals surface area contributed by atoms with Gasteiger partial charge in [-0.1, -0.05) is 57.7 Å². The van der Waals surface area contributed by atoms with Gasteiger partial charge < -0.3 is 5.32 Å². The molecule has 0 saturated carbocycles. The Labute approximate surface area is 154 Å². The van der Waals surface area contributed by atoms with Crippen molar-refractivity contribution in [2.24, 2.45) is 11.8 Å². The van der Waals surface area contributed by atoms with Gasteiger partial charge in [0.2, 0.25) is 0 Å². The third-order valence-corrected chi connectivity index (χ3v) is 4.91. The lowest BCUT2D eigenvalue weighted by Gasteiger charge is -2.30. The molecule has 2 heteroatoms. The molecular formula is C23H34N2. The summed E-state index contributed by atoms with van der Waals surface area (Å²) in [6.07, 6.45) is 5.50. The number of nitrogens with zero attached hydrogens (tertiary/aromatic N) is 1. The van der Waals surface area contributed by atoms with Crippen molar-refractivity contribution in [2.45, 2.75) is 53.4 Å². The predicted molar refractivity (Wildman–Crippen MR) is 109 cm³/mol. The fourth-order valence-corrected chi connectivity index (χ4v) is 3.55. The highest BCUT2D eigenvalue weighted by Crippen LogP contribution is 2.38. The number of nitriles is 1. The van der Waals surface area contributed by atoms with Crippen molar-refractivity contribution >= 4 is 0 Å². The molecule has 1 rings (SSSR count). The summed E-state index contributed by atoms with van der Waals surface area (Å²) in [4.78, 5) is 0. The van der Waals surface area contributed by atoms with E-state index in [-0.39, 0.29) is 5.92 Å². The topological polar surface area (TPSA) is 35.8 Å². The maximum atomic E-state index is 9.94. The van der Waals surface area contributed by atoms with Crippen LogP contribution in [0, 0.1) is 23.2 Å². The fourth-order valence-electron chi connectivity index (χ4n) is 3.55. The van der Waals surface area contributed by atoms with Crippen molar-refractivity contribution in [1.29, 1.82) is 5.26 Å². The van der Waals surface area contributed by atoms with Crippen LogP contribution in [0.15, 0.2) is 59.3 Å². The summed E-state index contributed by atoms with van der Waals surface area (Å²) in [7, 11) is 0. The number of hydrogen-bond donors (Lipinski definition) is 1. The molecule has 1 aliphatic rings. The molecule has 2 nitrogen and oxygen atoms in total. The van der Waals surface area contributed by atoms with Gasteiger partial charge in [-0.3, -0.25) is 0 Å². The molecule has 0 aliphatic carbocycles. The standard InChI is InChI=1S/C23H34N2/c1-8-17(5)13-20(12-16(3)4)23(22(14-24)18(6)9-2)21-10-11-25-15-19(21)7/h8,16,20,25H,1,5-6,9-13,15H2,2-4,7H3/b23-22-. The first-order valence-corrected chi connectivity index (χ1v) is 9.37. The van der Waals surface area contributed by atoms with Gasteiger partial charge in [0.1, 0.15) is 0 Å². The van der Waals surface area contributed by atoms with E-state index in [1.165, 1.54) is 16.7 Å². The van der Waals surface area contributed by atoms with Crippen molar-refractivity contribution in [3.05, 3.63) is 59.3 Å². The van der Waals surface area contributed by atoms with Crippen LogP contribution in [0.1, 0.15) is 53.4 Å². The van der Waals surface area contributed by atoms with E-state index < -0.39 is 0 Å². The highest BCUT2D eigenvalue weighted by molar-refractivity contribution is 5.54. The molecule has 0 radical (unpaired) electrons. The Balaban J connectivity index is 3.58. The molecule has 0 aromatic rings. The molecule has 0 spiro atoms. The van der Waals surface area contributed by atoms with E-state index in [9.17, 15) is 5.26 Å². The molecule has 136 valence electrons. The second-order valence-electron chi connectivity index (χ2n) is 7.44. The molecule has 1 unspecified atom stereocenters. The van der Waals surface area contributed by atoms with E-state index in [1.807, 2.05) is 6.08 Å². The van der Waals surface area contributed by atoms with Crippen molar-refractivity contribution in [1.82, 2.24) is 5.32 Å². The van der Waals surface area contributed by atoms with Gasteiger partial charge in [0.15, 0.2) is 0 Å². The van der Waals surface area contributed by atoms with Gasteiger partial charge in [-0.2, -0.15) is 5.26 Å². The molecule has 0 aromatic heterocycles. The van der Waals surface area contributed by atoms with Crippen LogP contribution in [0.4, 0.5) is 0 Å². The summed E-state index contributed by atoms with van der Waals surface area (Å²) in [5.74, 6) is 0.835. The predicted octanol–water partition coefficient (Wildman–Crippen LogP) is 5.88. The van der Waals surface area contributed by atoms with E-state index in [1.54, 1.807) is 0 Å². The average molecular weight is 339 g/mol. The number of hydrogen-bond acceptors (Lipinski definition) is 2. The second-order valence-corrected chi connectivity index (χ2v) is 7.44. The normalized spacial score (nSPS) is 17.0. The number of nitrogens with one attached hydrogen (secondary N) is 1. The SMILES string of the molecule is C=CC(=C)CC(CC(C)C)/C(C1=C(C)CNCC1)=C(\C#N)C(=C)CC. The van der Waals surface area contributed by atoms with E-state index in [2.05, 4.69) is 58.8 Å². The number of allylic oxidation sites excluding steroid dienone is 5. The van der Waals surface area contributed by atoms with E-state index in [0.29, 0.717) is 5.92 Å². The van der Waals surface area contributed by atoms with Crippen LogP contribution >= 0.6 is 0 Å². The van der Waals surface area contributed by atoms with Crippen LogP contribution in [0.2, 0.25) is 0 Å². The van der Waals surface area contributed by atoms with E-state index >= 15 is 0 Å². The fraction of sp³-hybridized carbons (Fsp3) is 0.522. The van der Waals surface area contributed by atoms with Crippen LogP contribution < -0.4 is 5.32 Å². The zero-order chi connectivity index (χ0) is 19.0. The van der Waals surface area contributed by atoms with Crippen molar-refractivity contribution in [3.63, 3.8) is 0 Å². The Morgan fingerprint density at radius 3 is 2.52 bits per heavy atom. The summed E-state index contributed by atoms with van der Waals surface area (Å²) < 4.78 is 0. The zero-order valence-corrected chi connectivity index (χ0v) is 16.5. The first kappa shape index (κ1) is 21.2. The molecule has 0 saturated heterocycles. The van der Waals surface area contributed by atoms with E-state index in [4.69, 9.17) is 0 Å². The van der Waals surface area contributed by atoms with Gasteiger partial charge in [-0.15, -0.1) is 0 Å². The van der Waals surface area contributed by atoms with Crippen LogP contribution in [0.25, 0.3) is 0 Å². The Morgan fingerprint density at radius 1 is 1.36 bits per heavy atom. The first-order chi connectivity index (χ1) is 11.8. The quantitative estimate of drug-likeness (QED) is 0.421. The van der Waals surface area contributed by atoms with Crippen LogP contribution in [-0.4, -0.2) is 13.1 Å². The van der Waals surface area contributed by atoms with Crippen LogP contribution in [-0.2, 0) is 0 Å². The lowest BCUT2D eigenvalue weighted by Crippen LogP contribution is -2.27. The van der Waals surface area contributed by atoms with Crippen molar-refractivity contribution in [2.75, 3.05) is 13.1 Å². The molecular weight excluding hydrogens is 304 g/mol. The minimum Gasteiger partial charge on any atom is -0.313 e. The van der Waals surface area contributed by atoms with Gasteiger partial charge in [-0.25, -0.2) is 0 Å². The minimum absolute atomic E-state index is 0.284. The molecule has 1 N–H and O–H groups in total. The lowest BCUT2D eigenvalue weighted by atomic mass is 9.76. The Bertz CT molecular complexity index is 623. The molecule has 0 amide bonds. The maximum absolute atomic E-state index is 9.94. The average Bonchev–Trinajstić information content (AvgIpc) is 2.58. The lowest BCUT2D eigenvalue weighted by molar-refractivity contribution is 0.454. The van der Waals surface area contributed by atoms with Gasteiger partial charge in [-0.05, 0) is 67.7 Å². The highest BCUT2D eigenvalue weighted by Gasteiger charge is 2.26. The Morgan fingerprint density at radius 2 is 2.04 bits per heavy atom.